The third-order valence-electron chi connectivity index (χ3n) is 2.98. The second-order valence-electron chi connectivity index (χ2n) is 4.35. The van der Waals surface area contributed by atoms with Crippen molar-refractivity contribution in [1.29, 1.82) is 0 Å². The van der Waals surface area contributed by atoms with Crippen LogP contribution in [-0.2, 0) is 6.42 Å². The van der Waals surface area contributed by atoms with Crippen molar-refractivity contribution in [3.8, 4) is 0 Å². The molecule has 20 heavy (non-hydrogen) atoms. The lowest BCUT2D eigenvalue weighted by Crippen LogP contribution is -2.35. The lowest BCUT2D eigenvalue weighted by Gasteiger charge is -2.20. The normalized spacial score (nSPS) is 10.5. The largest absolute Gasteiger partial charge is 0.458 e. The van der Waals surface area contributed by atoms with Gasteiger partial charge in [0.2, 0.25) is 5.76 Å². The van der Waals surface area contributed by atoms with Gasteiger partial charge in [0.1, 0.15) is 0 Å². The van der Waals surface area contributed by atoms with Gasteiger partial charge in [-0.15, -0.1) is 0 Å². The highest BCUT2D eigenvalue weighted by molar-refractivity contribution is 9.10. The van der Waals surface area contributed by atoms with E-state index in [4.69, 9.17) is 9.52 Å². The summed E-state index contributed by atoms with van der Waals surface area (Å²) in [5.74, 6) is 0.0540. The molecule has 2 aromatic rings. The number of rotatable bonds is 6. The highest BCUT2D eigenvalue weighted by atomic mass is 79.9. The standard InChI is InChI=1S/C15H16BrNO3/c16-13-7-11-20-14(13)15(19)17(9-10-18)8-6-12-4-2-1-3-5-12/h1-5,7,11,18H,6,8-10H2. The molecule has 0 aliphatic heterocycles. The number of hydrogen-bond acceptors (Lipinski definition) is 3. The number of aliphatic hydroxyl groups is 1. The third-order valence-corrected chi connectivity index (χ3v) is 3.61. The van der Waals surface area contributed by atoms with Gasteiger partial charge in [-0.05, 0) is 34.0 Å². The van der Waals surface area contributed by atoms with E-state index in [-0.39, 0.29) is 18.3 Å². The first-order chi connectivity index (χ1) is 9.72. The van der Waals surface area contributed by atoms with Crippen molar-refractivity contribution in [3.05, 3.63) is 58.5 Å². The molecule has 0 saturated carbocycles. The molecular formula is C15H16BrNO3. The Hall–Kier alpha value is -1.59. The molecule has 1 aromatic heterocycles. The molecule has 0 saturated heterocycles. The Morgan fingerprint density at radius 3 is 2.55 bits per heavy atom. The molecule has 1 amide bonds. The zero-order chi connectivity index (χ0) is 14.4. The zero-order valence-corrected chi connectivity index (χ0v) is 12.5. The molecule has 0 spiro atoms. The molecule has 1 heterocycles. The molecule has 106 valence electrons. The summed E-state index contributed by atoms with van der Waals surface area (Å²) in [5, 5.41) is 9.11. The lowest BCUT2D eigenvalue weighted by molar-refractivity contribution is 0.0691. The number of nitrogens with zero attached hydrogens (tertiary/aromatic N) is 1. The lowest BCUT2D eigenvalue weighted by atomic mass is 10.1. The molecule has 0 aliphatic carbocycles. The van der Waals surface area contributed by atoms with Crippen LogP contribution in [0.4, 0.5) is 0 Å². The molecule has 1 aromatic carbocycles. The Balaban J connectivity index is 2.03. The number of furan rings is 1. The number of hydrogen-bond donors (Lipinski definition) is 1. The summed E-state index contributed by atoms with van der Waals surface area (Å²) < 4.78 is 5.82. The van der Waals surface area contributed by atoms with Crippen LogP contribution in [0.2, 0.25) is 0 Å². The molecule has 0 aliphatic rings. The second kappa shape index (κ2) is 7.26. The fourth-order valence-electron chi connectivity index (χ4n) is 1.93. The molecule has 0 radical (unpaired) electrons. The van der Waals surface area contributed by atoms with Gasteiger partial charge in [-0.1, -0.05) is 30.3 Å². The first kappa shape index (κ1) is 14.8. The van der Waals surface area contributed by atoms with Gasteiger partial charge in [-0.25, -0.2) is 0 Å². The smallest absolute Gasteiger partial charge is 0.290 e. The summed E-state index contributed by atoms with van der Waals surface area (Å²) in [5.41, 5.74) is 1.15. The highest BCUT2D eigenvalue weighted by Gasteiger charge is 2.20. The maximum atomic E-state index is 12.3. The van der Waals surface area contributed by atoms with Crippen LogP contribution in [0.1, 0.15) is 16.1 Å². The molecule has 5 heteroatoms. The average molecular weight is 338 g/mol. The number of amides is 1. The molecule has 2 rings (SSSR count). The van der Waals surface area contributed by atoms with E-state index in [9.17, 15) is 4.79 Å². The van der Waals surface area contributed by atoms with Crippen LogP contribution >= 0.6 is 15.9 Å². The third kappa shape index (κ3) is 3.71. The molecule has 1 N–H and O–H groups in total. The SMILES string of the molecule is O=C(c1occc1Br)N(CCO)CCc1ccccc1. The van der Waals surface area contributed by atoms with Gasteiger partial charge in [-0.3, -0.25) is 4.79 Å². The van der Waals surface area contributed by atoms with Gasteiger partial charge in [0.05, 0.1) is 17.3 Å². The Kier molecular flexibility index (Phi) is 5.38. The van der Waals surface area contributed by atoms with Gasteiger partial charge in [0, 0.05) is 13.1 Å². The minimum atomic E-state index is -0.216. The minimum absolute atomic E-state index is 0.0706. The highest BCUT2D eigenvalue weighted by Crippen LogP contribution is 2.19. The van der Waals surface area contributed by atoms with E-state index in [0.29, 0.717) is 17.6 Å². The number of aliphatic hydroxyl groups excluding tert-OH is 1. The first-order valence-corrected chi connectivity index (χ1v) is 7.18. The quantitative estimate of drug-likeness (QED) is 0.881. The maximum Gasteiger partial charge on any atom is 0.290 e. The van der Waals surface area contributed by atoms with Gasteiger partial charge in [0.25, 0.3) is 5.91 Å². The maximum absolute atomic E-state index is 12.3. The van der Waals surface area contributed by atoms with Gasteiger partial charge in [-0.2, -0.15) is 0 Å². The van der Waals surface area contributed by atoms with E-state index in [2.05, 4.69) is 15.9 Å². The minimum Gasteiger partial charge on any atom is -0.458 e. The summed E-state index contributed by atoms with van der Waals surface area (Å²) >= 11 is 3.28. The van der Waals surface area contributed by atoms with E-state index in [0.717, 1.165) is 12.0 Å². The van der Waals surface area contributed by atoms with Crippen molar-refractivity contribution < 1.29 is 14.3 Å². The Morgan fingerprint density at radius 2 is 1.95 bits per heavy atom. The predicted octanol–water partition coefficient (Wildman–Crippen LogP) is 2.72. The van der Waals surface area contributed by atoms with E-state index in [1.165, 1.54) is 6.26 Å². The summed E-state index contributed by atoms with van der Waals surface area (Å²) in [6.07, 6.45) is 2.20. The summed E-state index contributed by atoms with van der Waals surface area (Å²) in [6.45, 7) is 0.758. The predicted molar refractivity (Wildman–Crippen MR) is 79.5 cm³/mol. The fourth-order valence-corrected chi connectivity index (χ4v) is 2.31. The fraction of sp³-hybridized carbons (Fsp3) is 0.267. The van der Waals surface area contributed by atoms with Crippen LogP contribution in [0.15, 0.2) is 51.6 Å². The van der Waals surface area contributed by atoms with Gasteiger partial charge in [0.15, 0.2) is 0 Å². The van der Waals surface area contributed by atoms with Crippen molar-refractivity contribution in [3.63, 3.8) is 0 Å². The van der Waals surface area contributed by atoms with E-state index in [1.54, 1.807) is 11.0 Å². The van der Waals surface area contributed by atoms with Crippen LogP contribution in [-0.4, -0.2) is 35.6 Å². The number of carbonyl (C=O) groups is 1. The van der Waals surface area contributed by atoms with E-state index < -0.39 is 0 Å². The Bertz CT molecular complexity index is 553. The molecular weight excluding hydrogens is 322 g/mol. The average Bonchev–Trinajstić information content (AvgIpc) is 2.90. The number of carbonyl (C=O) groups excluding carboxylic acids is 1. The summed E-state index contributed by atoms with van der Waals surface area (Å²) in [4.78, 5) is 13.9. The Morgan fingerprint density at radius 1 is 1.20 bits per heavy atom. The van der Waals surface area contributed by atoms with Crippen LogP contribution in [0.5, 0.6) is 0 Å². The molecule has 4 nitrogen and oxygen atoms in total. The van der Waals surface area contributed by atoms with Gasteiger partial charge < -0.3 is 14.4 Å². The van der Waals surface area contributed by atoms with Crippen molar-refractivity contribution in [1.82, 2.24) is 4.90 Å². The van der Waals surface area contributed by atoms with Crippen LogP contribution < -0.4 is 0 Å². The van der Waals surface area contributed by atoms with Gasteiger partial charge >= 0.3 is 0 Å². The topological polar surface area (TPSA) is 53.7 Å². The molecule has 0 fully saturated rings. The first-order valence-electron chi connectivity index (χ1n) is 6.39. The van der Waals surface area contributed by atoms with E-state index >= 15 is 0 Å². The summed E-state index contributed by atoms with van der Waals surface area (Å²) in [6, 6.07) is 11.6. The zero-order valence-electron chi connectivity index (χ0n) is 11.0. The second-order valence-corrected chi connectivity index (χ2v) is 5.20. The monoisotopic (exact) mass is 337 g/mol. The number of benzene rings is 1. The van der Waals surface area contributed by atoms with Crippen molar-refractivity contribution in [2.45, 2.75) is 6.42 Å². The van der Waals surface area contributed by atoms with Crippen LogP contribution in [0, 0.1) is 0 Å². The molecule has 0 unspecified atom stereocenters. The van der Waals surface area contributed by atoms with Crippen molar-refractivity contribution in [2.75, 3.05) is 19.7 Å². The summed E-state index contributed by atoms with van der Waals surface area (Å²) in [7, 11) is 0. The van der Waals surface area contributed by atoms with Crippen molar-refractivity contribution >= 4 is 21.8 Å². The van der Waals surface area contributed by atoms with Crippen LogP contribution in [0.25, 0.3) is 0 Å². The Labute approximate surface area is 126 Å². The van der Waals surface area contributed by atoms with Crippen LogP contribution in [0.3, 0.4) is 0 Å². The van der Waals surface area contributed by atoms with Crippen molar-refractivity contribution in [2.24, 2.45) is 0 Å². The molecule has 0 atom stereocenters. The number of halogens is 1. The van der Waals surface area contributed by atoms with E-state index in [1.807, 2.05) is 30.3 Å². The molecule has 0 bridgehead atoms.